The minimum absolute atomic E-state index is 0.0692. The van der Waals surface area contributed by atoms with Crippen LogP contribution in [0.3, 0.4) is 0 Å². The number of aromatic nitrogens is 1. The van der Waals surface area contributed by atoms with Crippen molar-refractivity contribution >= 4 is 50.9 Å². The number of carbonyl (C=O) groups is 2. The van der Waals surface area contributed by atoms with Crippen LogP contribution in [0.4, 0.5) is 0 Å². The average molecular weight is 389 g/mol. The molecule has 108 valence electrons. The fraction of sp³-hybridized carbons (Fsp3) is 0. The van der Waals surface area contributed by atoms with Crippen molar-refractivity contribution in [2.24, 2.45) is 0 Å². The first-order valence-corrected chi connectivity index (χ1v) is 7.20. The van der Waals surface area contributed by atoms with Crippen LogP contribution >= 0.6 is 39.1 Å². The van der Waals surface area contributed by atoms with Gasteiger partial charge in [-0.3, -0.25) is 20.4 Å². The summed E-state index contributed by atoms with van der Waals surface area (Å²) in [5.74, 6) is -1.12. The third-order valence-electron chi connectivity index (χ3n) is 2.42. The number of nitrogens with one attached hydrogen (secondary N) is 2. The number of rotatable bonds is 2. The maximum absolute atomic E-state index is 11.9. The number of hydrogen-bond donors (Lipinski definition) is 2. The Morgan fingerprint density at radius 2 is 1.57 bits per heavy atom. The highest BCUT2D eigenvalue weighted by molar-refractivity contribution is 9.10. The zero-order valence-corrected chi connectivity index (χ0v) is 13.5. The van der Waals surface area contributed by atoms with Crippen LogP contribution in [0.2, 0.25) is 10.2 Å². The highest BCUT2D eigenvalue weighted by Crippen LogP contribution is 2.16. The van der Waals surface area contributed by atoms with Crippen LogP contribution in [0.1, 0.15) is 20.8 Å². The molecule has 0 fully saturated rings. The molecule has 1 aromatic carbocycles. The first kappa shape index (κ1) is 15.8. The second kappa shape index (κ2) is 6.89. The van der Waals surface area contributed by atoms with Gasteiger partial charge in [-0.25, -0.2) is 4.98 Å². The van der Waals surface area contributed by atoms with Gasteiger partial charge in [0.2, 0.25) is 0 Å². The number of pyridine rings is 1. The van der Waals surface area contributed by atoms with E-state index in [1.54, 1.807) is 24.3 Å². The van der Waals surface area contributed by atoms with E-state index in [2.05, 4.69) is 31.8 Å². The van der Waals surface area contributed by atoms with Gasteiger partial charge in [-0.1, -0.05) is 39.1 Å². The van der Waals surface area contributed by atoms with Crippen LogP contribution in [-0.4, -0.2) is 16.8 Å². The van der Waals surface area contributed by atoms with E-state index in [0.29, 0.717) is 5.56 Å². The molecule has 0 unspecified atom stereocenters. The molecule has 8 heteroatoms. The second-order valence-electron chi connectivity index (χ2n) is 3.88. The minimum atomic E-state index is -0.659. The van der Waals surface area contributed by atoms with Gasteiger partial charge in [0, 0.05) is 10.0 Å². The van der Waals surface area contributed by atoms with Crippen molar-refractivity contribution in [3.8, 4) is 0 Å². The van der Waals surface area contributed by atoms with E-state index in [-0.39, 0.29) is 15.9 Å². The molecular weight excluding hydrogens is 381 g/mol. The Labute approximate surface area is 138 Å². The molecule has 0 aliphatic heterocycles. The Balaban J connectivity index is 2.02. The maximum Gasteiger partial charge on any atom is 0.289 e. The van der Waals surface area contributed by atoms with Crippen LogP contribution in [-0.2, 0) is 0 Å². The predicted octanol–water partition coefficient (Wildman–Crippen LogP) is 3.23. The zero-order chi connectivity index (χ0) is 15.4. The Morgan fingerprint density at radius 3 is 2.24 bits per heavy atom. The Bertz CT molecular complexity index is 692. The fourth-order valence-electron chi connectivity index (χ4n) is 1.42. The fourth-order valence-corrected chi connectivity index (χ4v) is 2.03. The summed E-state index contributed by atoms with van der Waals surface area (Å²) in [6, 6.07) is 9.55. The molecule has 2 N–H and O–H groups in total. The third-order valence-corrected chi connectivity index (χ3v) is 3.47. The van der Waals surface area contributed by atoms with Gasteiger partial charge in [0.25, 0.3) is 11.8 Å². The monoisotopic (exact) mass is 387 g/mol. The minimum Gasteiger partial charge on any atom is -0.267 e. The molecule has 0 aliphatic rings. The van der Waals surface area contributed by atoms with E-state index in [0.717, 1.165) is 4.47 Å². The van der Waals surface area contributed by atoms with Crippen molar-refractivity contribution in [2.45, 2.75) is 0 Å². The normalized spacial score (nSPS) is 10.0. The van der Waals surface area contributed by atoms with E-state index in [9.17, 15) is 9.59 Å². The number of hydrogen-bond acceptors (Lipinski definition) is 3. The van der Waals surface area contributed by atoms with E-state index in [4.69, 9.17) is 23.2 Å². The molecule has 1 heterocycles. The lowest BCUT2D eigenvalue weighted by Crippen LogP contribution is -2.42. The maximum atomic E-state index is 11.9. The standard InChI is InChI=1S/C13H8BrCl2N3O2/c14-8-3-1-7(2-4-8)12(20)18-19-13(21)11-9(15)5-6-10(16)17-11/h1-6H,(H,18,20)(H,19,21). The summed E-state index contributed by atoms with van der Waals surface area (Å²) in [6.07, 6.45) is 0. The van der Waals surface area contributed by atoms with E-state index in [1.807, 2.05) is 0 Å². The Hall–Kier alpha value is -1.63. The summed E-state index contributed by atoms with van der Waals surface area (Å²) in [6.45, 7) is 0. The quantitative estimate of drug-likeness (QED) is 0.612. The van der Waals surface area contributed by atoms with E-state index < -0.39 is 11.8 Å². The summed E-state index contributed by atoms with van der Waals surface area (Å²) < 4.78 is 0.845. The molecule has 2 rings (SSSR count). The first-order chi connectivity index (χ1) is 9.97. The Kier molecular flexibility index (Phi) is 5.17. The van der Waals surface area contributed by atoms with Crippen LogP contribution in [0.15, 0.2) is 40.9 Å². The average Bonchev–Trinajstić information content (AvgIpc) is 2.47. The molecule has 1 aromatic heterocycles. The van der Waals surface area contributed by atoms with Crippen molar-refractivity contribution in [1.29, 1.82) is 0 Å². The highest BCUT2D eigenvalue weighted by atomic mass is 79.9. The van der Waals surface area contributed by atoms with Crippen molar-refractivity contribution in [3.63, 3.8) is 0 Å². The van der Waals surface area contributed by atoms with Crippen molar-refractivity contribution < 1.29 is 9.59 Å². The molecule has 0 bridgehead atoms. The highest BCUT2D eigenvalue weighted by Gasteiger charge is 2.14. The molecule has 0 radical (unpaired) electrons. The Morgan fingerprint density at radius 1 is 0.952 bits per heavy atom. The summed E-state index contributed by atoms with van der Waals surface area (Å²) in [4.78, 5) is 27.5. The molecule has 0 saturated carbocycles. The van der Waals surface area contributed by atoms with Crippen LogP contribution < -0.4 is 10.9 Å². The summed E-state index contributed by atoms with van der Waals surface area (Å²) in [5.41, 5.74) is 4.82. The molecule has 2 amide bonds. The van der Waals surface area contributed by atoms with Gasteiger partial charge >= 0.3 is 0 Å². The van der Waals surface area contributed by atoms with Crippen LogP contribution in [0, 0.1) is 0 Å². The third kappa shape index (κ3) is 4.17. The number of amides is 2. The SMILES string of the molecule is O=C(NNC(=O)c1nc(Cl)ccc1Cl)c1ccc(Br)cc1. The van der Waals surface area contributed by atoms with Gasteiger partial charge in [-0.15, -0.1) is 0 Å². The lowest BCUT2D eigenvalue weighted by atomic mass is 10.2. The summed E-state index contributed by atoms with van der Waals surface area (Å²) >= 11 is 14.8. The largest absolute Gasteiger partial charge is 0.289 e. The molecule has 21 heavy (non-hydrogen) atoms. The van der Waals surface area contributed by atoms with Gasteiger partial charge in [0.1, 0.15) is 10.8 Å². The zero-order valence-electron chi connectivity index (χ0n) is 10.4. The van der Waals surface area contributed by atoms with E-state index in [1.165, 1.54) is 12.1 Å². The number of carbonyl (C=O) groups excluding carboxylic acids is 2. The molecule has 2 aromatic rings. The van der Waals surface area contributed by atoms with Gasteiger partial charge in [0.15, 0.2) is 0 Å². The number of nitrogens with zero attached hydrogens (tertiary/aromatic N) is 1. The van der Waals surface area contributed by atoms with Gasteiger partial charge < -0.3 is 0 Å². The molecule has 5 nitrogen and oxygen atoms in total. The number of hydrazine groups is 1. The summed E-state index contributed by atoms with van der Waals surface area (Å²) in [7, 11) is 0. The van der Waals surface area contributed by atoms with Gasteiger partial charge in [-0.05, 0) is 36.4 Å². The van der Waals surface area contributed by atoms with Crippen molar-refractivity contribution in [3.05, 3.63) is 62.3 Å². The first-order valence-electron chi connectivity index (χ1n) is 5.65. The smallest absolute Gasteiger partial charge is 0.267 e. The van der Waals surface area contributed by atoms with Crippen molar-refractivity contribution in [1.82, 2.24) is 15.8 Å². The van der Waals surface area contributed by atoms with Crippen LogP contribution in [0.25, 0.3) is 0 Å². The van der Waals surface area contributed by atoms with Crippen molar-refractivity contribution in [2.75, 3.05) is 0 Å². The number of benzene rings is 1. The summed E-state index contributed by atoms with van der Waals surface area (Å²) in [5, 5.41) is 0.263. The van der Waals surface area contributed by atoms with Crippen LogP contribution in [0.5, 0.6) is 0 Å². The lowest BCUT2D eigenvalue weighted by molar-refractivity contribution is 0.0844. The lowest BCUT2D eigenvalue weighted by Gasteiger charge is -2.08. The van der Waals surface area contributed by atoms with E-state index >= 15 is 0 Å². The molecule has 0 atom stereocenters. The van der Waals surface area contributed by atoms with Gasteiger partial charge in [-0.2, -0.15) is 0 Å². The molecule has 0 spiro atoms. The number of halogens is 3. The predicted molar refractivity (Wildman–Crippen MR) is 83.3 cm³/mol. The second-order valence-corrected chi connectivity index (χ2v) is 5.59. The topological polar surface area (TPSA) is 71.1 Å². The molecular formula is C13H8BrCl2N3O2. The molecule has 0 aliphatic carbocycles. The van der Waals surface area contributed by atoms with Gasteiger partial charge in [0.05, 0.1) is 5.02 Å². The molecule has 0 saturated heterocycles.